The fourth-order valence-corrected chi connectivity index (χ4v) is 5.71. The number of ether oxygens (including phenoxy) is 1. The van der Waals surface area contributed by atoms with E-state index in [1.165, 1.54) is 29.6 Å². The first-order chi connectivity index (χ1) is 14.8. The maximum Gasteiger partial charge on any atom is 0.261 e. The summed E-state index contributed by atoms with van der Waals surface area (Å²) in [5.41, 5.74) is 0.142. The van der Waals surface area contributed by atoms with E-state index in [1.54, 1.807) is 35.8 Å². The van der Waals surface area contributed by atoms with Crippen molar-refractivity contribution in [3.63, 3.8) is 0 Å². The van der Waals surface area contributed by atoms with Crippen LogP contribution in [0, 0.1) is 18.7 Å². The lowest BCUT2D eigenvalue weighted by molar-refractivity contribution is 0.249. The van der Waals surface area contributed by atoms with Crippen LogP contribution in [-0.4, -0.2) is 42.5 Å². The summed E-state index contributed by atoms with van der Waals surface area (Å²) in [6.07, 6.45) is 1.25. The first kappa shape index (κ1) is 21.5. The van der Waals surface area contributed by atoms with E-state index in [0.717, 1.165) is 0 Å². The van der Waals surface area contributed by atoms with Gasteiger partial charge in [-0.1, -0.05) is 12.1 Å². The standard InChI is InChI=1S/C22H24FN3O4S/c1-15-24-19-13-17(23)7-8-18(19)22(27)26(15)14-16-9-11-25(12-10-16)31(28,29)21-6-4-3-5-20(21)30-2/h3-8,13,16H,9-12,14H2,1-2H3. The van der Waals surface area contributed by atoms with Gasteiger partial charge in [-0.2, -0.15) is 4.31 Å². The number of fused-ring (bicyclic) bond motifs is 1. The van der Waals surface area contributed by atoms with E-state index in [2.05, 4.69) is 4.98 Å². The van der Waals surface area contributed by atoms with Crippen LogP contribution in [0.15, 0.2) is 52.2 Å². The van der Waals surface area contributed by atoms with Gasteiger partial charge in [0.25, 0.3) is 5.56 Å². The Kier molecular flexibility index (Phi) is 5.81. The monoisotopic (exact) mass is 445 g/mol. The smallest absolute Gasteiger partial charge is 0.261 e. The maximum absolute atomic E-state index is 13.5. The molecule has 3 aromatic rings. The molecular weight excluding hydrogens is 421 g/mol. The average Bonchev–Trinajstić information content (AvgIpc) is 2.76. The van der Waals surface area contributed by atoms with E-state index in [4.69, 9.17) is 4.74 Å². The predicted molar refractivity (Wildman–Crippen MR) is 115 cm³/mol. The molecule has 0 aliphatic carbocycles. The van der Waals surface area contributed by atoms with Crippen molar-refractivity contribution in [2.75, 3.05) is 20.2 Å². The number of hydrogen-bond donors (Lipinski definition) is 0. The largest absolute Gasteiger partial charge is 0.495 e. The third kappa shape index (κ3) is 4.07. The van der Waals surface area contributed by atoms with E-state index in [9.17, 15) is 17.6 Å². The molecule has 7 nitrogen and oxygen atoms in total. The summed E-state index contributed by atoms with van der Waals surface area (Å²) in [5.74, 6) is 0.554. The van der Waals surface area contributed by atoms with Crippen molar-refractivity contribution in [2.24, 2.45) is 5.92 Å². The average molecular weight is 446 g/mol. The van der Waals surface area contributed by atoms with E-state index in [1.807, 2.05) is 0 Å². The molecule has 1 aliphatic heterocycles. The Labute approximate surface area is 180 Å². The molecule has 0 unspecified atom stereocenters. The number of benzene rings is 2. The summed E-state index contributed by atoms with van der Waals surface area (Å²) >= 11 is 0. The van der Waals surface area contributed by atoms with Crippen molar-refractivity contribution in [1.82, 2.24) is 13.9 Å². The number of rotatable bonds is 5. The van der Waals surface area contributed by atoms with E-state index >= 15 is 0 Å². The molecule has 0 radical (unpaired) electrons. The lowest BCUT2D eigenvalue weighted by Crippen LogP contribution is -2.40. The molecule has 0 bridgehead atoms. The zero-order chi connectivity index (χ0) is 22.2. The lowest BCUT2D eigenvalue weighted by atomic mass is 9.98. The number of nitrogens with zero attached hydrogens (tertiary/aromatic N) is 3. The number of halogens is 1. The second kappa shape index (κ2) is 8.39. The van der Waals surface area contributed by atoms with Crippen molar-refractivity contribution >= 4 is 20.9 Å². The van der Waals surface area contributed by atoms with Gasteiger partial charge in [0.2, 0.25) is 10.0 Å². The third-order valence-corrected chi connectivity index (χ3v) is 7.75. The highest BCUT2D eigenvalue weighted by Gasteiger charge is 2.31. The van der Waals surface area contributed by atoms with E-state index < -0.39 is 15.8 Å². The molecule has 4 rings (SSSR count). The third-order valence-electron chi connectivity index (χ3n) is 5.81. The molecule has 1 saturated heterocycles. The second-order valence-electron chi connectivity index (χ2n) is 7.73. The van der Waals surface area contributed by atoms with Crippen LogP contribution >= 0.6 is 0 Å². The maximum atomic E-state index is 13.5. The molecule has 0 saturated carbocycles. The van der Waals surface area contributed by atoms with Crippen LogP contribution in [0.25, 0.3) is 10.9 Å². The predicted octanol–water partition coefficient (Wildman–Crippen LogP) is 2.95. The van der Waals surface area contributed by atoms with Gasteiger partial charge in [0, 0.05) is 25.7 Å². The number of methoxy groups -OCH3 is 1. The molecule has 0 spiro atoms. The molecular formula is C22H24FN3O4S. The number of hydrogen-bond acceptors (Lipinski definition) is 5. The molecule has 164 valence electrons. The van der Waals surface area contributed by atoms with Gasteiger partial charge in [0.1, 0.15) is 22.3 Å². The van der Waals surface area contributed by atoms with Gasteiger partial charge in [-0.05, 0) is 49.9 Å². The number of aromatic nitrogens is 2. The number of para-hydroxylation sites is 1. The van der Waals surface area contributed by atoms with E-state index in [0.29, 0.717) is 55.0 Å². The summed E-state index contributed by atoms with van der Waals surface area (Å²) < 4.78 is 47.9. The molecule has 1 fully saturated rings. The molecule has 2 aromatic carbocycles. The van der Waals surface area contributed by atoms with Gasteiger partial charge in [-0.15, -0.1) is 0 Å². The van der Waals surface area contributed by atoms with Gasteiger partial charge in [-0.3, -0.25) is 9.36 Å². The van der Waals surface area contributed by atoms with Gasteiger partial charge in [0.05, 0.1) is 18.0 Å². The highest BCUT2D eigenvalue weighted by atomic mass is 32.2. The van der Waals surface area contributed by atoms with E-state index in [-0.39, 0.29) is 16.4 Å². The van der Waals surface area contributed by atoms with Crippen molar-refractivity contribution < 1.29 is 17.5 Å². The van der Waals surface area contributed by atoms with Crippen LogP contribution in [0.1, 0.15) is 18.7 Å². The normalized spacial score (nSPS) is 16.0. The van der Waals surface area contributed by atoms with Crippen LogP contribution < -0.4 is 10.3 Å². The first-order valence-electron chi connectivity index (χ1n) is 10.1. The molecule has 0 N–H and O–H groups in total. The Morgan fingerprint density at radius 2 is 1.87 bits per heavy atom. The highest BCUT2D eigenvalue weighted by molar-refractivity contribution is 7.89. The molecule has 2 heterocycles. The molecule has 0 atom stereocenters. The van der Waals surface area contributed by atoms with Gasteiger partial charge in [-0.25, -0.2) is 17.8 Å². The fourth-order valence-electron chi connectivity index (χ4n) is 4.08. The van der Waals surface area contributed by atoms with Gasteiger partial charge >= 0.3 is 0 Å². The van der Waals surface area contributed by atoms with Crippen LogP contribution in [0.2, 0.25) is 0 Å². The fraction of sp³-hybridized carbons (Fsp3) is 0.364. The Morgan fingerprint density at radius 1 is 1.16 bits per heavy atom. The Morgan fingerprint density at radius 3 is 2.58 bits per heavy atom. The first-order valence-corrected chi connectivity index (χ1v) is 11.5. The van der Waals surface area contributed by atoms with Crippen molar-refractivity contribution in [2.45, 2.75) is 31.2 Å². The van der Waals surface area contributed by atoms with Crippen LogP contribution in [0.4, 0.5) is 4.39 Å². The minimum Gasteiger partial charge on any atom is -0.495 e. The molecule has 0 amide bonds. The highest BCUT2D eigenvalue weighted by Crippen LogP contribution is 2.30. The summed E-state index contributed by atoms with van der Waals surface area (Å²) in [6, 6.07) is 10.6. The molecule has 9 heteroatoms. The zero-order valence-electron chi connectivity index (χ0n) is 17.4. The van der Waals surface area contributed by atoms with Crippen LogP contribution in [-0.2, 0) is 16.6 Å². The topological polar surface area (TPSA) is 81.5 Å². The number of piperidine rings is 1. The minimum absolute atomic E-state index is 0.139. The van der Waals surface area contributed by atoms with Crippen molar-refractivity contribution in [3.05, 3.63) is 64.5 Å². The van der Waals surface area contributed by atoms with Gasteiger partial charge in [0.15, 0.2) is 0 Å². The Hall–Kier alpha value is -2.78. The number of aryl methyl sites for hydroxylation is 1. The van der Waals surface area contributed by atoms with Gasteiger partial charge < -0.3 is 4.74 Å². The second-order valence-corrected chi connectivity index (χ2v) is 9.64. The Bertz CT molecular complexity index is 1280. The summed E-state index contributed by atoms with van der Waals surface area (Å²) in [7, 11) is -2.21. The van der Waals surface area contributed by atoms with Crippen molar-refractivity contribution in [1.29, 1.82) is 0 Å². The molecule has 1 aliphatic rings. The van der Waals surface area contributed by atoms with Crippen LogP contribution in [0.3, 0.4) is 0 Å². The lowest BCUT2D eigenvalue weighted by Gasteiger charge is -2.32. The minimum atomic E-state index is -3.66. The Balaban J connectivity index is 1.51. The zero-order valence-corrected chi connectivity index (χ0v) is 18.2. The van der Waals surface area contributed by atoms with Crippen molar-refractivity contribution in [3.8, 4) is 5.75 Å². The quantitative estimate of drug-likeness (QED) is 0.603. The molecule has 1 aromatic heterocycles. The number of sulfonamides is 1. The SMILES string of the molecule is COc1ccccc1S(=O)(=O)N1CCC(Cn2c(C)nc3cc(F)ccc3c2=O)CC1. The summed E-state index contributed by atoms with van der Waals surface area (Å²) in [4.78, 5) is 17.4. The van der Waals surface area contributed by atoms with Crippen LogP contribution in [0.5, 0.6) is 5.75 Å². The molecule has 31 heavy (non-hydrogen) atoms. The summed E-state index contributed by atoms with van der Waals surface area (Å²) in [5, 5.41) is 0.378. The summed E-state index contributed by atoms with van der Waals surface area (Å²) in [6.45, 7) is 2.91.